The molecular formula is C21H24Cl2N6O4. The number of nitrogens with two attached hydrogens (primary N) is 3. The first kappa shape index (κ1) is 25.9. The molecular weight excluding hydrogens is 471 g/mol. The number of fused-ring (bicyclic) bond motifs is 1. The van der Waals surface area contributed by atoms with E-state index in [0.717, 1.165) is 11.1 Å². The van der Waals surface area contributed by atoms with Gasteiger partial charge in [0.05, 0.1) is 12.1 Å². The summed E-state index contributed by atoms with van der Waals surface area (Å²) in [7, 11) is 0. The molecule has 1 atom stereocenters. The molecule has 1 heterocycles. The number of benzene rings is 2. The molecule has 0 aliphatic rings. The van der Waals surface area contributed by atoms with Gasteiger partial charge in [-0.25, -0.2) is 4.79 Å². The molecule has 176 valence electrons. The summed E-state index contributed by atoms with van der Waals surface area (Å²) in [6.45, 7) is 0.799. The molecule has 2 aromatic carbocycles. The molecule has 1 unspecified atom stereocenters. The van der Waals surface area contributed by atoms with Crippen LogP contribution in [0.3, 0.4) is 0 Å². The smallest absolute Gasteiger partial charge is 0.357 e. The lowest BCUT2D eigenvalue weighted by Gasteiger charge is -2.06. The Morgan fingerprint density at radius 3 is 2.42 bits per heavy atom. The Bertz CT molecular complexity index is 1160. The molecule has 0 saturated carbocycles. The molecule has 12 heteroatoms. The van der Waals surface area contributed by atoms with Crippen molar-refractivity contribution >= 4 is 52.0 Å². The lowest BCUT2D eigenvalue weighted by atomic mass is 10.2. The number of rotatable bonds is 8. The minimum atomic E-state index is -1.05. The Morgan fingerprint density at radius 2 is 1.82 bits per heavy atom. The highest BCUT2D eigenvalue weighted by molar-refractivity contribution is 6.35. The third-order valence-electron chi connectivity index (χ3n) is 4.48. The van der Waals surface area contributed by atoms with E-state index in [1.165, 1.54) is 0 Å². The average Bonchev–Trinajstić information content (AvgIpc) is 3.12. The highest BCUT2D eigenvalue weighted by atomic mass is 35.5. The number of aromatic nitrogens is 2. The Hall–Kier alpha value is -3.34. The number of aliphatic carboxylic acids is 1. The van der Waals surface area contributed by atoms with Crippen molar-refractivity contribution in [3.8, 4) is 0 Å². The first-order valence-corrected chi connectivity index (χ1v) is 10.5. The monoisotopic (exact) mass is 494 g/mol. The Kier molecular flexibility index (Phi) is 9.46. The average molecular weight is 495 g/mol. The number of carboxylic acid groups (broad SMARTS) is 2. The van der Waals surface area contributed by atoms with Crippen LogP contribution in [0.2, 0.25) is 10.0 Å². The normalized spacial score (nSPS) is 11.4. The van der Waals surface area contributed by atoms with Gasteiger partial charge in [-0.1, -0.05) is 47.5 Å². The summed E-state index contributed by atoms with van der Waals surface area (Å²) >= 11 is 12.0. The van der Waals surface area contributed by atoms with Gasteiger partial charge in [-0.15, -0.1) is 0 Å². The summed E-state index contributed by atoms with van der Waals surface area (Å²) in [6, 6.07) is 11.6. The Labute approximate surface area is 199 Å². The molecule has 0 saturated heterocycles. The maximum atomic E-state index is 11.3. The van der Waals surface area contributed by atoms with Crippen LogP contribution in [-0.2, 0) is 11.3 Å². The van der Waals surface area contributed by atoms with Gasteiger partial charge in [-0.05, 0) is 36.6 Å². The minimum Gasteiger partial charge on any atom is -0.480 e. The van der Waals surface area contributed by atoms with Gasteiger partial charge in [0.1, 0.15) is 6.04 Å². The van der Waals surface area contributed by atoms with Gasteiger partial charge in [-0.3, -0.25) is 14.5 Å². The van der Waals surface area contributed by atoms with Crippen molar-refractivity contribution in [1.29, 1.82) is 0 Å². The number of aromatic carboxylic acids is 1. The second-order valence-corrected chi connectivity index (χ2v) is 7.80. The van der Waals surface area contributed by atoms with Crippen molar-refractivity contribution in [2.45, 2.75) is 25.4 Å². The van der Waals surface area contributed by atoms with Crippen LogP contribution in [0.15, 0.2) is 47.5 Å². The molecule has 0 fully saturated rings. The molecule has 0 aliphatic carbocycles. The van der Waals surface area contributed by atoms with Crippen LogP contribution in [0.1, 0.15) is 28.9 Å². The second-order valence-electron chi connectivity index (χ2n) is 6.96. The van der Waals surface area contributed by atoms with Crippen molar-refractivity contribution in [2.75, 3.05) is 6.54 Å². The van der Waals surface area contributed by atoms with E-state index >= 15 is 0 Å². The maximum Gasteiger partial charge on any atom is 0.357 e. The van der Waals surface area contributed by atoms with E-state index in [2.05, 4.69) is 10.1 Å². The molecule has 0 aliphatic heterocycles. The van der Waals surface area contributed by atoms with E-state index in [1.807, 2.05) is 18.2 Å². The van der Waals surface area contributed by atoms with Crippen molar-refractivity contribution < 1.29 is 19.8 Å². The maximum absolute atomic E-state index is 11.3. The highest BCUT2D eigenvalue weighted by Crippen LogP contribution is 2.24. The topological polar surface area (TPSA) is 183 Å². The van der Waals surface area contributed by atoms with Crippen LogP contribution in [0, 0.1) is 0 Å². The van der Waals surface area contributed by atoms with Crippen molar-refractivity contribution in [1.82, 2.24) is 9.78 Å². The van der Waals surface area contributed by atoms with Gasteiger partial charge in [0.15, 0.2) is 11.7 Å². The lowest BCUT2D eigenvalue weighted by molar-refractivity contribution is -0.138. The number of aliphatic imine (C=N–C) groups is 1. The fraction of sp³-hybridized carbons (Fsp3) is 0.238. The van der Waals surface area contributed by atoms with E-state index in [0.29, 0.717) is 41.4 Å². The van der Waals surface area contributed by atoms with Gasteiger partial charge in [0.2, 0.25) is 0 Å². The molecule has 0 spiro atoms. The fourth-order valence-corrected chi connectivity index (χ4v) is 3.33. The molecule has 10 nitrogen and oxygen atoms in total. The lowest BCUT2D eigenvalue weighted by Crippen LogP contribution is -2.30. The van der Waals surface area contributed by atoms with E-state index in [4.69, 9.17) is 45.5 Å². The quantitative estimate of drug-likeness (QED) is 0.179. The number of carbonyl (C=O) groups is 2. The van der Waals surface area contributed by atoms with Crippen LogP contribution < -0.4 is 17.2 Å². The molecule has 8 N–H and O–H groups in total. The van der Waals surface area contributed by atoms with E-state index < -0.39 is 18.0 Å². The molecule has 3 aromatic rings. The summed E-state index contributed by atoms with van der Waals surface area (Å²) in [6.07, 6.45) is 0.956. The second kappa shape index (κ2) is 12.0. The van der Waals surface area contributed by atoms with Gasteiger partial charge >= 0.3 is 11.9 Å². The van der Waals surface area contributed by atoms with Crippen molar-refractivity contribution in [3.63, 3.8) is 0 Å². The third-order valence-corrected chi connectivity index (χ3v) is 5.07. The zero-order chi connectivity index (χ0) is 24.5. The van der Waals surface area contributed by atoms with E-state index in [-0.39, 0.29) is 11.7 Å². The predicted molar refractivity (Wildman–Crippen MR) is 128 cm³/mol. The van der Waals surface area contributed by atoms with Gasteiger partial charge in [0.25, 0.3) is 0 Å². The standard InChI is InChI=1S/C15H10Cl2N2O2.C6H14N4O2/c16-10-6-5-9(12(17)7-10)8-19-13-4-2-1-3-11(13)14(18-19)15(20)21;7-4(5(11)12)2-1-3-10-6(8)9/h1-7H,8H2,(H,20,21);4H,1-3,7H2,(H,11,12)(H4,8,9,10). The SMILES string of the molecule is NC(N)=NCCCC(N)C(=O)O.O=C(O)c1nn(Cc2ccc(Cl)cc2Cl)c2ccccc12. The number of guanidine groups is 1. The summed E-state index contributed by atoms with van der Waals surface area (Å²) in [5.74, 6) is -2.04. The predicted octanol–water partition coefficient (Wildman–Crippen LogP) is 2.54. The minimum absolute atomic E-state index is 0.0129. The van der Waals surface area contributed by atoms with Gasteiger partial charge in [0, 0.05) is 22.0 Å². The largest absolute Gasteiger partial charge is 0.480 e. The summed E-state index contributed by atoms with van der Waals surface area (Å²) < 4.78 is 1.63. The van der Waals surface area contributed by atoms with Gasteiger partial charge in [-0.2, -0.15) is 5.10 Å². The number of hydrogen-bond donors (Lipinski definition) is 5. The molecule has 3 rings (SSSR count). The molecule has 0 radical (unpaired) electrons. The zero-order valence-corrected chi connectivity index (χ0v) is 19.0. The number of carboxylic acids is 2. The number of nitrogens with zero attached hydrogens (tertiary/aromatic N) is 3. The summed E-state index contributed by atoms with van der Waals surface area (Å²) in [4.78, 5) is 25.2. The van der Waals surface area contributed by atoms with Crippen LogP contribution in [0.4, 0.5) is 0 Å². The highest BCUT2D eigenvalue weighted by Gasteiger charge is 2.16. The third kappa shape index (κ3) is 7.63. The summed E-state index contributed by atoms with van der Waals surface area (Å²) in [5.41, 5.74) is 16.9. The van der Waals surface area contributed by atoms with E-state index in [9.17, 15) is 14.7 Å². The number of para-hydroxylation sites is 1. The summed E-state index contributed by atoms with van der Waals surface area (Å²) in [5, 5.41) is 23.5. The molecule has 1 aromatic heterocycles. The number of hydrogen-bond acceptors (Lipinski definition) is 5. The molecule has 0 bridgehead atoms. The van der Waals surface area contributed by atoms with Gasteiger partial charge < -0.3 is 27.4 Å². The fourth-order valence-electron chi connectivity index (χ4n) is 2.86. The van der Waals surface area contributed by atoms with Crippen LogP contribution in [0.5, 0.6) is 0 Å². The van der Waals surface area contributed by atoms with Crippen molar-refractivity contribution in [3.05, 3.63) is 63.8 Å². The van der Waals surface area contributed by atoms with E-state index in [1.54, 1.807) is 28.9 Å². The zero-order valence-electron chi connectivity index (χ0n) is 17.5. The van der Waals surface area contributed by atoms with Crippen LogP contribution >= 0.6 is 23.2 Å². The number of halogens is 2. The van der Waals surface area contributed by atoms with Crippen LogP contribution in [0.25, 0.3) is 10.9 Å². The van der Waals surface area contributed by atoms with Crippen LogP contribution in [-0.4, -0.2) is 50.5 Å². The molecule has 0 amide bonds. The first-order valence-electron chi connectivity index (χ1n) is 9.76. The molecule has 33 heavy (non-hydrogen) atoms. The Balaban J connectivity index is 0.000000277. The Morgan fingerprint density at radius 1 is 1.12 bits per heavy atom. The van der Waals surface area contributed by atoms with Crippen molar-refractivity contribution in [2.24, 2.45) is 22.2 Å². The first-order chi connectivity index (χ1) is 15.6.